The van der Waals surface area contributed by atoms with Gasteiger partial charge in [-0.25, -0.2) is 4.99 Å². The fourth-order valence-corrected chi connectivity index (χ4v) is 3.66. The molecule has 0 aliphatic heterocycles. The van der Waals surface area contributed by atoms with E-state index in [1.807, 2.05) is 31.2 Å². The summed E-state index contributed by atoms with van der Waals surface area (Å²) in [6, 6.07) is 7.86. The molecule has 1 saturated carbocycles. The SMILES string of the molecule is CCCC(O)(CCC)CNC(=NCc1cccc(NC(=O)C2CCC2)c1)NCC. The van der Waals surface area contributed by atoms with E-state index in [0.717, 1.165) is 62.7 Å². The molecule has 4 N–H and O–H groups in total. The Morgan fingerprint density at radius 1 is 1.17 bits per heavy atom. The third kappa shape index (κ3) is 7.69. The minimum Gasteiger partial charge on any atom is -0.388 e. The number of aliphatic imine (C=N–C) groups is 1. The standard InChI is InChI=1S/C23H38N4O2/c1-4-13-23(29,14-5-2)17-26-22(24-6-3)25-16-18-9-7-12-20(15-18)27-21(28)19-10-8-11-19/h7,9,12,15,19,29H,4-6,8,10-11,13-14,16-17H2,1-3H3,(H,27,28)(H2,24,25,26). The van der Waals surface area contributed by atoms with Crippen LogP contribution in [0.15, 0.2) is 29.3 Å². The maximum atomic E-state index is 12.2. The number of guanidine groups is 1. The Hall–Kier alpha value is -2.08. The van der Waals surface area contributed by atoms with Gasteiger partial charge in [-0.2, -0.15) is 0 Å². The average Bonchev–Trinajstić information content (AvgIpc) is 2.63. The lowest BCUT2D eigenvalue weighted by atomic mass is 9.85. The molecule has 162 valence electrons. The maximum Gasteiger partial charge on any atom is 0.227 e. The van der Waals surface area contributed by atoms with Crippen molar-refractivity contribution >= 4 is 17.6 Å². The molecule has 0 atom stereocenters. The van der Waals surface area contributed by atoms with Crippen LogP contribution in [0, 0.1) is 5.92 Å². The van der Waals surface area contributed by atoms with Crippen LogP contribution in [0.2, 0.25) is 0 Å². The van der Waals surface area contributed by atoms with E-state index in [-0.39, 0.29) is 11.8 Å². The van der Waals surface area contributed by atoms with Gasteiger partial charge in [0.15, 0.2) is 5.96 Å². The molecule has 0 radical (unpaired) electrons. The summed E-state index contributed by atoms with van der Waals surface area (Å²) in [5, 5.41) is 20.4. The van der Waals surface area contributed by atoms with E-state index < -0.39 is 5.60 Å². The van der Waals surface area contributed by atoms with E-state index >= 15 is 0 Å². The highest BCUT2D eigenvalue weighted by atomic mass is 16.3. The number of carbonyl (C=O) groups excluding carboxylic acids is 1. The van der Waals surface area contributed by atoms with Crippen molar-refractivity contribution < 1.29 is 9.90 Å². The summed E-state index contributed by atoms with van der Waals surface area (Å²) in [5.74, 6) is 0.992. The molecule has 6 heteroatoms. The van der Waals surface area contributed by atoms with Crippen molar-refractivity contribution in [2.24, 2.45) is 10.9 Å². The van der Waals surface area contributed by atoms with Crippen molar-refractivity contribution in [3.05, 3.63) is 29.8 Å². The van der Waals surface area contributed by atoms with Gasteiger partial charge < -0.3 is 21.1 Å². The quantitative estimate of drug-likeness (QED) is 0.335. The number of aliphatic hydroxyl groups is 1. The van der Waals surface area contributed by atoms with E-state index in [1.165, 1.54) is 0 Å². The number of rotatable bonds is 11. The molecule has 1 aliphatic carbocycles. The molecule has 0 heterocycles. The van der Waals surface area contributed by atoms with Crippen LogP contribution in [0.5, 0.6) is 0 Å². The Morgan fingerprint density at radius 2 is 1.90 bits per heavy atom. The monoisotopic (exact) mass is 402 g/mol. The number of benzene rings is 1. The number of hydrogen-bond acceptors (Lipinski definition) is 3. The second-order valence-corrected chi connectivity index (χ2v) is 8.09. The van der Waals surface area contributed by atoms with Crippen molar-refractivity contribution in [1.82, 2.24) is 10.6 Å². The van der Waals surface area contributed by atoms with Gasteiger partial charge in [0.1, 0.15) is 0 Å². The van der Waals surface area contributed by atoms with Crippen molar-refractivity contribution in [3.63, 3.8) is 0 Å². The number of amides is 1. The summed E-state index contributed by atoms with van der Waals surface area (Å²) in [6.45, 7) is 7.95. The highest BCUT2D eigenvalue weighted by Crippen LogP contribution is 2.27. The Balaban J connectivity index is 1.96. The zero-order valence-corrected chi connectivity index (χ0v) is 18.3. The molecule has 1 fully saturated rings. The molecule has 1 aliphatic rings. The fourth-order valence-electron chi connectivity index (χ4n) is 3.66. The predicted molar refractivity (Wildman–Crippen MR) is 120 cm³/mol. The van der Waals surface area contributed by atoms with Crippen LogP contribution in [0.3, 0.4) is 0 Å². The van der Waals surface area contributed by atoms with E-state index in [0.29, 0.717) is 19.0 Å². The third-order valence-corrected chi connectivity index (χ3v) is 5.45. The first-order valence-electron chi connectivity index (χ1n) is 11.1. The topological polar surface area (TPSA) is 85.8 Å². The summed E-state index contributed by atoms with van der Waals surface area (Å²) in [4.78, 5) is 16.8. The Labute approximate surface area is 175 Å². The minimum absolute atomic E-state index is 0.123. The molecule has 2 rings (SSSR count). The lowest BCUT2D eigenvalue weighted by Gasteiger charge is -2.28. The predicted octanol–water partition coefficient (Wildman–Crippen LogP) is 3.81. The van der Waals surface area contributed by atoms with Crippen molar-refractivity contribution in [1.29, 1.82) is 0 Å². The molecule has 0 aromatic heterocycles. The van der Waals surface area contributed by atoms with Gasteiger partial charge in [0.2, 0.25) is 5.91 Å². The number of nitrogens with one attached hydrogen (secondary N) is 3. The van der Waals surface area contributed by atoms with Gasteiger partial charge in [0, 0.05) is 24.7 Å². The number of carbonyl (C=O) groups is 1. The molecular weight excluding hydrogens is 364 g/mol. The molecule has 1 amide bonds. The zero-order chi connectivity index (χ0) is 21.1. The second kappa shape index (κ2) is 11.8. The first-order valence-corrected chi connectivity index (χ1v) is 11.1. The Bertz CT molecular complexity index is 665. The first kappa shape index (κ1) is 23.2. The van der Waals surface area contributed by atoms with E-state index in [1.54, 1.807) is 0 Å². The van der Waals surface area contributed by atoms with Crippen LogP contribution in [-0.2, 0) is 11.3 Å². The lowest BCUT2D eigenvalue weighted by molar-refractivity contribution is -0.122. The van der Waals surface area contributed by atoms with Gasteiger partial charge in [0.25, 0.3) is 0 Å². The van der Waals surface area contributed by atoms with Gasteiger partial charge in [-0.3, -0.25) is 4.79 Å². The van der Waals surface area contributed by atoms with Crippen molar-refractivity contribution in [2.75, 3.05) is 18.4 Å². The van der Waals surface area contributed by atoms with Crippen LogP contribution in [0.1, 0.15) is 71.3 Å². The van der Waals surface area contributed by atoms with Gasteiger partial charge in [-0.05, 0) is 50.3 Å². The van der Waals surface area contributed by atoms with E-state index in [4.69, 9.17) is 0 Å². The Kier molecular flexibility index (Phi) is 9.45. The zero-order valence-electron chi connectivity index (χ0n) is 18.3. The molecule has 6 nitrogen and oxygen atoms in total. The molecule has 29 heavy (non-hydrogen) atoms. The first-order chi connectivity index (χ1) is 14.0. The van der Waals surface area contributed by atoms with E-state index in [9.17, 15) is 9.90 Å². The third-order valence-electron chi connectivity index (χ3n) is 5.45. The number of hydrogen-bond donors (Lipinski definition) is 4. The molecule has 0 spiro atoms. The van der Waals surface area contributed by atoms with Crippen LogP contribution in [0.4, 0.5) is 5.69 Å². The smallest absolute Gasteiger partial charge is 0.227 e. The van der Waals surface area contributed by atoms with Crippen molar-refractivity contribution in [2.45, 2.75) is 77.9 Å². The summed E-state index contributed by atoms with van der Waals surface area (Å²) in [7, 11) is 0. The van der Waals surface area contributed by atoms with Gasteiger partial charge >= 0.3 is 0 Å². The van der Waals surface area contributed by atoms with Crippen molar-refractivity contribution in [3.8, 4) is 0 Å². The largest absolute Gasteiger partial charge is 0.388 e. The van der Waals surface area contributed by atoms with Crippen LogP contribution in [0.25, 0.3) is 0 Å². The second-order valence-electron chi connectivity index (χ2n) is 8.09. The lowest BCUT2D eigenvalue weighted by Crippen LogP contribution is -2.47. The fraction of sp³-hybridized carbons (Fsp3) is 0.652. The molecule has 0 unspecified atom stereocenters. The summed E-state index contributed by atoms with van der Waals surface area (Å²) in [5.41, 5.74) is 1.16. The Morgan fingerprint density at radius 3 is 2.48 bits per heavy atom. The molecule has 0 saturated heterocycles. The molecule has 1 aromatic rings. The summed E-state index contributed by atoms with van der Waals surface area (Å²) >= 11 is 0. The van der Waals surface area contributed by atoms with Gasteiger partial charge in [-0.1, -0.05) is 45.2 Å². The highest BCUT2D eigenvalue weighted by molar-refractivity contribution is 5.93. The molecule has 1 aromatic carbocycles. The summed E-state index contributed by atoms with van der Waals surface area (Å²) < 4.78 is 0. The van der Waals surface area contributed by atoms with Crippen LogP contribution >= 0.6 is 0 Å². The average molecular weight is 403 g/mol. The van der Waals surface area contributed by atoms with Crippen LogP contribution in [-0.4, -0.2) is 35.7 Å². The number of anilines is 1. The highest BCUT2D eigenvalue weighted by Gasteiger charge is 2.25. The molecular formula is C23H38N4O2. The molecule has 0 bridgehead atoms. The van der Waals surface area contributed by atoms with Gasteiger partial charge in [-0.15, -0.1) is 0 Å². The van der Waals surface area contributed by atoms with E-state index in [2.05, 4.69) is 34.8 Å². The van der Waals surface area contributed by atoms with Crippen LogP contribution < -0.4 is 16.0 Å². The summed E-state index contributed by atoms with van der Waals surface area (Å²) in [6.07, 6.45) is 6.59. The maximum absolute atomic E-state index is 12.2. The van der Waals surface area contributed by atoms with Gasteiger partial charge in [0.05, 0.1) is 12.1 Å². The minimum atomic E-state index is -0.703. The number of nitrogens with zero attached hydrogens (tertiary/aromatic N) is 1. The normalized spacial score (nSPS) is 15.0.